The Kier molecular flexibility index (Phi) is 4.13. The fourth-order valence-electron chi connectivity index (χ4n) is 2.24. The van der Waals surface area contributed by atoms with E-state index in [4.69, 9.17) is 11.6 Å². The summed E-state index contributed by atoms with van der Waals surface area (Å²) in [7, 11) is 0. The van der Waals surface area contributed by atoms with Gasteiger partial charge in [0.15, 0.2) is 0 Å². The molecule has 0 radical (unpaired) electrons. The standard InChI is InChI=1S/C16H12BrClOS/c17-13-6-5-10(7-14(13)18)15(19)8-11-9-20-16-4-2-1-3-12(11)16/h1-7,9,15,19H,8H2. The van der Waals surface area contributed by atoms with E-state index in [9.17, 15) is 5.11 Å². The maximum Gasteiger partial charge on any atom is 0.0831 e. The van der Waals surface area contributed by atoms with Crippen molar-refractivity contribution in [1.82, 2.24) is 0 Å². The normalized spacial score (nSPS) is 12.8. The first kappa shape index (κ1) is 14.1. The Hall–Kier alpha value is -0.870. The van der Waals surface area contributed by atoms with Crippen molar-refractivity contribution in [2.24, 2.45) is 0 Å². The van der Waals surface area contributed by atoms with Gasteiger partial charge in [-0.2, -0.15) is 0 Å². The molecule has 0 aliphatic heterocycles. The zero-order chi connectivity index (χ0) is 14.1. The molecule has 1 nitrogen and oxygen atoms in total. The number of hydrogen-bond donors (Lipinski definition) is 1. The van der Waals surface area contributed by atoms with Crippen LogP contribution in [0.25, 0.3) is 10.1 Å². The van der Waals surface area contributed by atoms with Crippen LogP contribution in [0.2, 0.25) is 5.02 Å². The van der Waals surface area contributed by atoms with Crippen LogP contribution >= 0.6 is 38.9 Å². The number of thiophene rings is 1. The molecule has 0 aliphatic rings. The lowest BCUT2D eigenvalue weighted by molar-refractivity contribution is 0.179. The molecule has 0 saturated carbocycles. The molecular weight excluding hydrogens is 356 g/mol. The van der Waals surface area contributed by atoms with Crippen LogP contribution in [0.4, 0.5) is 0 Å². The van der Waals surface area contributed by atoms with Crippen LogP contribution < -0.4 is 0 Å². The summed E-state index contributed by atoms with van der Waals surface area (Å²) in [5, 5.41) is 14.4. The first-order valence-electron chi connectivity index (χ1n) is 6.23. The van der Waals surface area contributed by atoms with E-state index < -0.39 is 6.10 Å². The molecule has 1 heterocycles. The van der Waals surface area contributed by atoms with Crippen LogP contribution in [0.15, 0.2) is 52.3 Å². The SMILES string of the molecule is OC(Cc1csc2ccccc12)c1ccc(Br)c(Cl)c1. The third-order valence-electron chi connectivity index (χ3n) is 3.30. The Labute approximate surface area is 135 Å². The highest BCUT2D eigenvalue weighted by atomic mass is 79.9. The number of aliphatic hydroxyl groups excluding tert-OH is 1. The molecule has 0 fully saturated rings. The summed E-state index contributed by atoms with van der Waals surface area (Å²) in [6.45, 7) is 0. The summed E-state index contributed by atoms with van der Waals surface area (Å²) in [4.78, 5) is 0. The lowest BCUT2D eigenvalue weighted by Gasteiger charge is -2.11. The van der Waals surface area contributed by atoms with Crippen LogP contribution in [0, 0.1) is 0 Å². The molecule has 2 aromatic carbocycles. The van der Waals surface area contributed by atoms with Gasteiger partial charge in [0, 0.05) is 15.6 Å². The molecule has 102 valence electrons. The number of rotatable bonds is 3. The molecule has 4 heteroatoms. The zero-order valence-corrected chi connectivity index (χ0v) is 13.7. The monoisotopic (exact) mass is 366 g/mol. The van der Waals surface area contributed by atoms with E-state index >= 15 is 0 Å². The summed E-state index contributed by atoms with van der Waals surface area (Å²) < 4.78 is 2.10. The highest BCUT2D eigenvalue weighted by Gasteiger charge is 2.13. The van der Waals surface area contributed by atoms with Crippen LogP contribution in [-0.4, -0.2) is 5.11 Å². The average molecular weight is 368 g/mol. The van der Waals surface area contributed by atoms with Gasteiger partial charge < -0.3 is 5.11 Å². The molecule has 0 amide bonds. The Bertz CT molecular complexity index is 753. The van der Waals surface area contributed by atoms with Gasteiger partial charge in [0.05, 0.1) is 11.1 Å². The van der Waals surface area contributed by atoms with E-state index in [1.54, 1.807) is 11.3 Å². The Morgan fingerprint density at radius 2 is 2.00 bits per heavy atom. The van der Waals surface area contributed by atoms with Crippen molar-refractivity contribution >= 4 is 49.0 Å². The van der Waals surface area contributed by atoms with Crippen molar-refractivity contribution < 1.29 is 5.11 Å². The quantitative estimate of drug-likeness (QED) is 0.639. The van der Waals surface area contributed by atoms with Crippen molar-refractivity contribution in [2.75, 3.05) is 0 Å². The lowest BCUT2D eigenvalue weighted by atomic mass is 10.0. The molecule has 1 unspecified atom stereocenters. The van der Waals surface area contributed by atoms with Crippen LogP contribution in [0.1, 0.15) is 17.2 Å². The number of aliphatic hydroxyl groups is 1. The van der Waals surface area contributed by atoms with Gasteiger partial charge in [-0.3, -0.25) is 0 Å². The smallest absolute Gasteiger partial charge is 0.0831 e. The van der Waals surface area contributed by atoms with Gasteiger partial charge in [-0.15, -0.1) is 11.3 Å². The van der Waals surface area contributed by atoms with Crippen molar-refractivity contribution in [3.8, 4) is 0 Å². The second kappa shape index (κ2) is 5.86. The maximum atomic E-state index is 10.4. The summed E-state index contributed by atoms with van der Waals surface area (Å²) in [6, 6.07) is 13.8. The Morgan fingerprint density at radius 1 is 1.20 bits per heavy atom. The third-order valence-corrected chi connectivity index (χ3v) is 5.55. The van der Waals surface area contributed by atoms with Gasteiger partial charge in [-0.1, -0.05) is 35.9 Å². The molecule has 0 aliphatic carbocycles. The van der Waals surface area contributed by atoms with Crippen LogP contribution in [0.3, 0.4) is 0 Å². The summed E-state index contributed by atoms with van der Waals surface area (Å²) in [5.74, 6) is 0. The second-order valence-electron chi connectivity index (χ2n) is 4.65. The summed E-state index contributed by atoms with van der Waals surface area (Å²) >= 11 is 11.2. The first-order valence-corrected chi connectivity index (χ1v) is 8.28. The number of fused-ring (bicyclic) bond motifs is 1. The minimum atomic E-state index is -0.543. The molecule has 3 aromatic rings. The van der Waals surface area contributed by atoms with Gasteiger partial charge in [0.1, 0.15) is 0 Å². The average Bonchev–Trinajstić information content (AvgIpc) is 2.85. The van der Waals surface area contributed by atoms with Gasteiger partial charge in [-0.25, -0.2) is 0 Å². The van der Waals surface area contributed by atoms with E-state index in [2.05, 4.69) is 33.4 Å². The Balaban J connectivity index is 1.88. The van der Waals surface area contributed by atoms with Crippen molar-refractivity contribution in [1.29, 1.82) is 0 Å². The highest BCUT2D eigenvalue weighted by Crippen LogP contribution is 2.31. The minimum absolute atomic E-state index is 0.543. The number of benzene rings is 2. The molecule has 0 saturated heterocycles. The molecule has 0 spiro atoms. The van der Waals surface area contributed by atoms with Crippen molar-refractivity contribution in [3.05, 3.63) is 68.5 Å². The van der Waals surface area contributed by atoms with Gasteiger partial charge in [-0.05, 0) is 56.0 Å². The Morgan fingerprint density at radius 3 is 2.80 bits per heavy atom. The lowest BCUT2D eigenvalue weighted by Crippen LogP contribution is -2.01. The van der Waals surface area contributed by atoms with E-state index in [0.717, 1.165) is 10.0 Å². The van der Waals surface area contributed by atoms with Gasteiger partial charge in [0.2, 0.25) is 0 Å². The number of hydrogen-bond acceptors (Lipinski definition) is 2. The van der Waals surface area contributed by atoms with Gasteiger partial charge in [0.25, 0.3) is 0 Å². The maximum absolute atomic E-state index is 10.4. The molecule has 1 N–H and O–H groups in total. The van der Waals surface area contributed by atoms with Crippen LogP contribution in [0.5, 0.6) is 0 Å². The molecule has 3 rings (SSSR count). The molecule has 1 atom stereocenters. The fraction of sp³-hybridized carbons (Fsp3) is 0.125. The minimum Gasteiger partial charge on any atom is -0.388 e. The summed E-state index contributed by atoms with van der Waals surface area (Å²) in [6.07, 6.45) is 0.0562. The van der Waals surface area contributed by atoms with E-state index in [-0.39, 0.29) is 0 Å². The molecular formula is C16H12BrClOS. The van der Waals surface area contributed by atoms with E-state index in [1.165, 1.54) is 15.6 Å². The second-order valence-corrected chi connectivity index (χ2v) is 6.82. The largest absolute Gasteiger partial charge is 0.388 e. The highest BCUT2D eigenvalue weighted by molar-refractivity contribution is 9.10. The topological polar surface area (TPSA) is 20.2 Å². The molecule has 0 bridgehead atoms. The van der Waals surface area contributed by atoms with Crippen molar-refractivity contribution in [3.63, 3.8) is 0 Å². The van der Waals surface area contributed by atoms with E-state index in [0.29, 0.717) is 11.4 Å². The first-order chi connectivity index (χ1) is 9.65. The fourth-order valence-corrected chi connectivity index (χ4v) is 3.65. The van der Waals surface area contributed by atoms with E-state index in [1.807, 2.05) is 30.3 Å². The van der Waals surface area contributed by atoms with Crippen molar-refractivity contribution in [2.45, 2.75) is 12.5 Å². The van der Waals surface area contributed by atoms with Gasteiger partial charge >= 0.3 is 0 Å². The molecule has 1 aromatic heterocycles. The third kappa shape index (κ3) is 2.77. The molecule has 20 heavy (non-hydrogen) atoms. The zero-order valence-electron chi connectivity index (χ0n) is 10.5. The number of halogens is 2. The predicted octanol–water partition coefficient (Wildman–Crippen LogP) is 5.59. The predicted molar refractivity (Wildman–Crippen MR) is 89.6 cm³/mol. The summed E-state index contributed by atoms with van der Waals surface area (Å²) in [5.41, 5.74) is 2.02. The van der Waals surface area contributed by atoms with Crippen LogP contribution in [-0.2, 0) is 6.42 Å².